The molecule has 2 N–H and O–H groups in total. The number of hydrogen-bond acceptors (Lipinski definition) is 5. The van der Waals surface area contributed by atoms with E-state index in [-0.39, 0.29) is 19.1 Å². The number of carboxylic acids is 1. The van der Waals surface area contributed by atoms with E-state index in [9.17, 15) is 14.7 Å². The van der Waals surface area contributed by atoms with Crippen molar-refractivity contribution >= 4 is 40.9 Å². The van der Waals surface area contributed by atoms with Gasteiger partial charge in [-0.3, -0.25) is 0 Å². The highest BCUT2D eigenvalue weighted by atomic mass is 35.5. The molecule has 0 saturated carbocycles. The molecular weight excluding hydrogens is 555 g/mol. The number of halogens is 2. The number of carbonyl (C=O) groups is 2. The third-order valence-electron chi connectivity index (χ3n) is 5.87. The van der Waals surface area contributed by atoms with Crippen molar-refractivity contribution in [2.45, 2.75) is 33.0 Å². The summed E-state index contributed by atoms with van der Waals surface area (Å²) in [5.41, 5.74) is 3.41. The molecule has 1 atom stereocenters. The number of aryl methyl sites for hydroxylation is 1. The van der Waals surface area contributed by atoms with Gasteiger partial charge in [-0.25, -0.2) is 9.59 Å². The second-order valence-corrected chi connectivity index (χ2v) is 9.97. The van der Waals surface area contributed by atoms with Crippen LogP contribution in [-0.4, -0.2) is 61.0 Å². The summed E-state index contributed by atoms with van der Waals surface area (Å²) < 4.78 is 16.9. The third kappa shape index (κ3) is 10.7. The van der Waals surface area contributed by atoms with Gasteiger partial charge in [0.1, 0.15) is 12.4 Å². The molecule has 10 heteroatoms. The minimum Gasteiger partial charge on any atom is -0.492 e. The summed E-state index contributed by atoms with van der Waals surface area (Å²) in [6.07, 6.45) is -0.632. The zero-order valence-electron chi connectivity index (χ0n) is 22.6. The van der Waals surface area contributed by atoms with E-state index in [0.29, 0.717) is 54.4 Å². The van der Waals surface area contributed by atoms with Crippen molar-refractivity contribution in [2.24, 2.45) is 0 Å². The van der Waals surface area contributed by atoms with Crippen LogP contribution in [0.2, 0.25) is 10.0 Å². The van der Waals surface area contributed by atoms with Gasteiger partial charge in [-0.15, -0.1) is 0 Å². The second kappa shape index (κ2) is 16.1. The van der Waals surface area contributed by atoms with E-state index < -0.39 is 12.1 Å². The van der Waals surface area contributed by atoms with Crippen molar-refractivity contribution < 1.29 is 28.9 Å². The summed E-state index contributed by atoms with van der Waals surface area (Å²) >= 11 is 12.1. The molecule has 0 radical (unpaired) electrons. The average Bonchev–Trinajstić information content (AvgIpc) is 2.90. The number of benzene rings is 3. The highest BCUT2D eigenvalue weighted by molar-refractivity contribution is 6.34. The Labute approximate surface area is 244 Å². The van der Waals surface area contributed by atoms with Gasteiger partial charge in [0.2, 0.25) is 0 Å². The van der Waals surface area contributed by atoms with Crippen molar-refractivity contribution in [1.29, 1.82) is 0 Å². The number of rotatable bonds is 15. The first kappa shape index (κ1) is 31.2. The quantitative estimate of drug-likeness (QED) is 0.198. The maximum atomic E-state index is 13.1. The highest BCUT2D eigenvalue weighted by Gasteiger charge is 2.18. The predicted molar refractivity (Wildman–Crippen MR) is 157 cm³/mol. The molecule has 0 fully saturated rings. The Bertz CT molecular complexity index is 1230. The van der Waals surface area contributed by atoms with Crippen LogP contribution in [0, 0.1) is 6.92 Å². The van der Waals surface area contributed by atoms with Crippen LogP contribution < -0.4 is 10.1 Å². The first-order valence-corrected chi connectivity index (χ1v) is 13.7. The third-order valence-corrected chi connectivity index (χ3v) is 6.31. The largest absolute Gasteiger partial charge is 0.492 e. The molecule has 0 aliphatic carbocycles. The summed E-state index contributed by atoms with van der Waals surface area (Å²) in [5, 5.41) is 13.3. The Balaban J connectivity index is 1.55. The summed E-state index contributed by atoms with van der Waals surface area (Å²) in [4.78, 5) is 26.1. The monoisotopic (exact) mass is 588 g/mol. The molecule has 2 amide bonds. The van der Waals surface area contributed by atoms with Crippen LogP contribution in [0.3, 0.4) is 0 Å². The molecule has 40 heavy (non-hydrogen) atoms. The van der Waals surface area contributed by atoms with E-state index in [1.807, 2.05) is 43.3 Å². The number of urea groups is 1. The molecule has 3 aromatic rings. The molecule has 0 bridgehead atoms. The van der Waals surface area contributed by atoms with Crippen molar-refractivity contribution in [1.82, 2.24) is 4.90 Å². The number of aliphatic carboxylic acids is 1. The first-order valence-electron chi connectivity index (χ1n) is 12.9. The first-order chi connectivity index (χ1) is 19.2. The smallest absolute Gasteiger partial charge is 0.333 e. The number of carbonyl (C=O) groups excluding carboxylic acids is 1. The van der Waals surface area contributed by atoms with E-state index >= 15 is 0 Å². The van der Waals surface area contributed by atoms with Crippen LogP contribution in [0.4, 0.5) is 10.5 Å². The molecule has 0 spiro atoms. The number of nitrogens with one attached hydrogen (secondary N) is 1. The van der Waals surface area contributed by atoms with Crippen LogP contribution in [-0.2, 0) is 27.3 Å². The van der Waals surface area contributed by atoms with Crippen molar-refractivity contribution in [3.05, 3.63) is 93.5 Å². The molecule has 1 unspecified atom stereocenters. The van der Waals surface area contributed by atoms with E-state index in [1.54, 1.807) is 42.2 Å². The maximum absolute atomic E-state index is 13.1. The molecule has 3 rings (SSSR count). The van der Waals surface area contributed by atoms with Crippen LogP contribution in [0.5, 0.6) is 5.75 Å². The zero-order chi connectivity index (χ0) is 28.9. The maximum Gasteiger partial charge on any atom is 0.333 e. The van der Waals surface area contributed by atoms with Gasteiger partial charge in [0.25, 0.3) is 0 Å². The lowest BCUT2D eigenvalue weighted by Gasteiger charge is -2.23. The normalized spacial score (nSPS) is 11.6. The summed E-state index contributed by atoms with van der Waals surface area (Å²) in [7, 11) is 0. The molecule has 0 saturated heterocycles. The molecule has 8 nitrogen and oxygen atoms in total. The lowest BCUT2D eigenvalue weighted by atomic mass is 10.1. The molecule has 0 aliphatic rings. The lowest BCUT2D eigenvalue weighted by Crippen LogP contribution is -2.40. The van der Waals surface area contributed by atoms with Gasteiger partial charge >= 0.3 is 12.0 Å². The number of ether oxygens (including phenoxy) is 3. The van der Waals surface area contributed by atoms with Gasteiger partial charge in [0, 0.05) is 35.3 Å². The molecule has 0 aliphatic heterocycles. The Morgan fingerprint density at radius 1 is 0.950 bits per heavy atom. The van der Waals surface area contributed by atoms with Gasteiger partial charge < -0.3 is 29.5 Å². The average molecular weight is 590 g/mol. The Morgan fingerprint density at radius 3 is 2.30 bits per heavy atom. The lowest BCUT2D eigenvalue weighted by molar-refractivity contribution is -0.149. The molecular formula is C30H34Cl2N2O6. The summed E-state index contributed by atoms with van der Waals surface area (Å²) in [6.45, 7) is 5.56. The van der Waals surface area contributed by atoms with Crippen LogP contribution in [0.15, 0.2) is 66.7 Å². The van der Waals surface area contributed by atoms with E-state index in [1.165, 1.54) is 0 Å². The van der Waals surface area contributed by atoms with Crippen LogP contribution in [0.25, 0.3) is 0 Å². The number of nitrogens with zero attached hydrogens (tertiary/aromatic N) is 1. The summed E-state index contributed by atoms with van der Waals surface area (Å²) in [6, 6.07) is 19.7. The fourth-order valence-corrected chi connectivity index (χ4v) is 4.50. The van der Waals surface area contributed by atoms with Gasteiger partial charge in [0.15, 0.2) is 6.10 Å². The zero-order valence-corrected chi connectivity index (χ0v) is 24.1. The number of anilines is 1. The van der Waals surface area contributed by atoms with Gasteiger partial charge in [-0.1, -0.05) is 47.5 Å². The van der Waals surface area contributed by atoms with E-state index in [2.05, 4.69) is 5.32 Å². The standard InChI is InChI=1S/C30H34Cl2N2O6/c1-3-39-28(29(35)36)18-22-7-9-27(10-8-22)40-14-12-34(30(37)33-26-6-4-5-21(2)15-26)11-13-38-20-23-16-24(31)19-25(32)17-23/h4-10,15-17,19,28H,3,11-14,18,20H2,1-2H3,(H,33,37)(H,35,36). The van der Waals surface area contributed by atoms with Crippen LogP contribution >= 0.6 is 23.2 Å². The fraction of sp³-hybridized carbons (Fsp3) is 0.333. The molecule has 0 heterocycles. The Morgan fingerprint density at radius 2 is 1.65 bits per heavy atom. The Kier molecular flexibility index (Phi) is 12.6. The topological polar surface area (TPSA) is 97.3 Å². The summed E-state index contributed by atoms with van der Waals surface area (Å²) in [5.74, 6) is -0.383. The SMILES string of the molecule is CCOC(Cc1ccc(OCCN(CCOCc2cc(Cl)cc(Cl)c2)C(=O)Nc2cccc(C)c2)cc1)C(=O)O. The minimum absolute atomic E-state index is 0.251. The number of amides is 2. The van der Waals surface area contributed by atoms with Crippen molar-refractivity contribution in [3.63, 3.8) is 0 Å². The predicted octanol–water partition coefficient (Wildman–Crippen LogP) is 6.46. The van der Waals surface area contributed by atoms with Gasteiger partial charge in [-0.05, 0) is 73.0 Å². The molecule has 214 valence electrons. The minimum atomic E-state index is -0.994. The van der Waals surface area contributed by atoms with Gasteiger partial charge in [-0.2, -0.15) is 0 Å². The van der Waals surface area contributed by atoms with Crippen molar-refractivity contribution in [2.75, 3.05) is 38.2 Å². The Hall–Kier alpha value is -3.30. The van der Waals surface area contributed by atoms with Crippen LogP contribution in [0.1, 0.15) is 23.6 Å². The highest BCUT2D eigenvalue weighted by Crippen LogP contribution is 2.20. The second-order valence-electron chi connectivity index (χ2n) is 9.10. The van der Waals surface area contributed by atoms with E-state index in [4.69, 9.17) is 37.4 Å². The molecule has 0 aromatic heterocycles. The number of carboxylic acid groups (broad SMARTS) is 1. The van der Waals surface area contributed by atoms with E-state index in [0.717, 1.165) is 16.7 Å². The molecule has 3 aromatic carbocycles. The number of hydrogen-bond donors (Lipinski definition) is 2. The van der Waals surface area contributed by atoms with Gasteiger partial charge in [0.05, 0.1) is 19.8 Å². The fourth-order valence-electron chi connectivity index (χ4n) is 3.93. The van der Waals surface area contributed by atoms with Crippen molar-refractivity contribution in [3.8, 4) is 5.75 Å².